The Morgan fingerprint density at radius 2 is 2.00 bits per heavy atom. The van der Waals surface area contributed by atoms with Gasteiger partial charge in [-0.25, -0.2) is 0 Å². The Kier molecular flexibility index (Phi) is 4.07. The minimum atomic E-state index is 0.188. The molecule has 1 aromatic heterocycles. The van der Waals surface area contributed by atoms with E-state index in [2.05, 4.69) is 30.4 Å². The van der Waals surface area contributed by atoms with Crippen molar-refractivity contribution in [2.45, 2.75) is 46.2 Å². The molecule has 2 atom stereocenters. The topological polar surface area (TPSA) is 56.5 Å². The highest BCUT2D eigenvalue weighted by Crippen LogP contribution is 2.35. The average Bonchev–Trinajstić information content (AvgIpc) is 3.11. The molecule has 1 N–H and O–H groups in total. The van der Waals surface area contributed by atoms with Crippen molar-refractivity contribution in [1.82, 2.24) is 10.5 Å². The molecule has 0 radical (unpaired) electrons. The summed E-state index contributed by atoms with van der Waals surface area (Å²) in [6.45, 7) is 8.57. The average molecular weight is 302 g/mol. The monoisotopic (exact) mass is 302 g/mol. The summed E-state index contributed by atoms with van der Waals surface area (Å²) in [5.74, 6) is 2.51. The number of ether oxygens (including phenoxy) is 2. The van der Waals surface area contributed by atoms with E-state index in [4.69, 9.17) is 14.0 Å². The predicted octanol–water partition coefficient (Wildman–Crippen LogP) is 3.82. The van der Waals surface area contributed by atoms with Crippen molar-refractivity contribution in [2.24, 2.45) is 0 Å². The highest BCUT2D eigenvalue weighted by molar-refractivity contribution is 5.45. The number of fused-ring (bicyclic) bond motifs is 1. The van der Waals surface area contributed by atoms with Crippen LogP contribution in [0, 0.1) is 13.8 Å². The molecule has 1 aromatic carbocycles. The van der Waals surface area contributed by atoms with E-state index in [9.17, 15) is 0 Å². The molecule has 5 heteroatoms. The number of benzene rings is 1. The maximum absolute atomic E-state index is 5.46. The second kappa shape index (κ2) is 6.01. The lowest BCUT2D eigenvalue weighted by Crippen LogP contribution is -2.25. The van der Waals surface area contributed by atoms with E-state index < -0.39 is 0 Å². The second-order valence-electron chi connectivity index (χ2n) is 5.70. The standard InChI is InChI=1S/C17H22N2O3/c1-5-14(17-11(3)19-22-12(17)4)18-10(2)13-6-7-15-16(8-13)21-9-20-15/h6-8,10,14,18H,5,9H2,1-4H3/t10-,14-/m1/s1. The van der Waals surface area contributed by atoms with Crippen molar-refractivity contribution in [1.29, 1.82) is 0 Å². The van der Waals surface area contributed by atoms with Crippen molar-refractivity contribution < 1.29 is 14.0 Å². The van der Waals surface area contributed by atoms with Gasteiger partial charge in [0.05, 0.1) is 5.69 Å². The fraction of sp³-hybridized carbons (Fsp3) is 0.471. The van der Waals surface area contributed by atoms with Gasteiger partial charge in [-0.3, -0.25) is 0 Å². The smallest absolute Gasteiger partial charge is 0.231 e. The van der Waals surface area contributed by atoms with Gasteiger partial charge in [0.25, 0.3) is 0 Å². The Hall–Kier alpha value is -2.01. The predicted molar refractivity (Wildman–Crippen MR) is 83.1 cm³/mol. The van der Waals surface area contributed by atoms with Crippen LogP contribution in [0.25, 0.3) is 0 Å². The maximum atomic E-state index is 5.46. The SMILES string of the molecule is CC[C@@H](N[C@H](C)c1ccc2c(c1)OCO2)c1c(C)noc1C. The molecule has 0 spiro atoms. The maximum Gasteiger partial charge on any atom is 0.231 e. The van der Waals surface area contributed by atoms with E-state index in [0.717, 1.165) is 34.9 Å². The Morgan fingerprint density at radius 3 is 2.68 bits per heavy atom. The van der Waals surface area contributed by atoms with Crippen molar-refractivity contribution in [3.63, 3.8) is 0 Å². The third-order valence-corrected chi connectivity index (χ3v) is 4.19. The molecule has 3 rings (SSSR count). The molecule has 0 unspecified atom stereocenters. The van der Waals surface area contributed by atoms with Gasteiger partial charge < -0.3 is 19.3 Å². The Bertz CT molecular complexity index is 646. The summed E-state index contributed by atoms with van der Waals surface area (Å²) in [5, 5.41) is 7.72. The molecule has 0 aliphatic carbocycles. The van der Waals surface area contributed by atoms with Gasteiger partial charge >= 0.3 is 0 Å². The van der Waals surface area contributed by atoms with Crippen LogP contribution >= 0.6 is 0 Å². The molecule has 2 heterocycles. The van der Waals surface area contributed by atoms with Crippen LogP contribution < -0.4 is 14.8 Å². The van der Waals surface area contributed by atoms with Crippen LogP contribution in [0.1, 0.15) is 54.9 Å². The second-order valence-corrected chi connectivity index (χ2v) is 5.70. The normalized spacial score (nSPS) is 15.8. The van der Waals surface area contributed by atoms with Crippen molar-refractivity contribution in [2.75, 3.05) is 6.79 Å². The zero-order valence-corrected chi connectivity index (χ0v) is 13.5. The molecule has 0 amide bonds. The Labute approximate surface area is 130 Å². The number of hydrogen-bond acceptors (Lipinski definition) is 5. The van der Waals surface area contributed by atoms with Gasteiger partial charge in [-0.1, -0.05) is 18.1 Å². The zero-order valence-electron chi connectivity index (χ0n) is 13.5. The van der Waals surface area contributed by atoms with Gasteiger partial charge in [0.2, 0.25) is 6.79 Å². The molecule has 1 aliphatic heterocycles. The van der Waals surface area contributed by atoms with Gasteiger partial charge in [-0.2, -0.15) is 0 Å². The lowest BCUT2D eigenvalue weighted by molar-refractivity contribution is 0.174. The molecule has 1 aliphatic rings. The number of aryl methyl sites for hydroxylation is 2. The van der Waals surface area contributed by atoms with Gasteiger partial charge in [0.15, 0.2) is 11.5 Å². The van der Waals surface area contributed by atoms with Crippen molar-refractivity contribution in [3.8, 4) is 11.5 Å². The minimum Gasteiger partial charge on any atom is -0.454 e. The van der Waals surface area contributed by atoms with E-state index in [0.29, 0.717) is 6.79 Å². The number of nitrogens with one attached hydrogen (secondary N) is 1. The summed E-state index contributed by atoms with van der Waals surface area (Å²) in [5.41, 5.74) is 3.29. The van der Waals surface area contributed by atoms with Gasteiger partial charge in [0, 0.05) is 17.6 Å². The summed E-state index contributed by atoms with van der Waals surface area (Å²) in [7, 11) is 0. The van der Waals surface area contributed by atoms with Crippen LogP contribution in [-0.4, -0.2) is 11.9 Å². The van der Waals surface area contributed by atoms with Crippen LogP contribution in [0.4, 0.5) is 0 Å². The first-order valence-electron chi connectivity index (χ1n) is 7.68. The third kappa shape index (κ3) is 2.68. The third-order valence-electron chi connectivity index (χ3n) is 4.19. The van der Waals surface area contributed by atoms with Crippen molar-refractivity contribution >= 4 is 0 Å². The van der Waals surface area contributed by atoms with Crippen LogP contribution in [0.15, 0.2) is 22.7 Å². The van der Waals surface area contributed by atoms with Crippen LogP contribution in [0.5, 0.6) is 11.5 Å². The largest absolute Gasteiger partial charge is 0.454 e. The summed E-state index contributed by atoms with van der Waals surface area (Å²) in [6, 6.07) is 6.48. The first-order valence-corrected chi connectivity index (χ1v) is 7.68. The Morgan fingerprint density at radius 1 is 1.23 bits per heavy atom. The molecular formula is C17H22N2O3. The zero-order chi connectivity index (χ0) is 15.7. The summed E-state index contributed by atoms with van der Waals surface area (Å²) in [4.78, 5) is 0. The van der Waals surface area contributed by atoms with Crippen LogP contribution in [-0.2, 0) is 0 Å². The summed E-state index contributed by atoms with van der Waals surface area (Å²) >= 11 is 0. The quantitative estimate of drug-likeness (QED) is 0.910. The summed E-state index contributed by atoms with van der Waals surface area (Å²) < 4.78 is 16.1. The van der Waals surface area contributed by atoms with E-state index in [-0.39, 0.29) is 12.1 Å². The first kappa shape index (κ1) is 14.9. The highest BCUT2D eigenvalue weighted by atomic mass is 16.7. The number of nitrogens with zero attached hydrogens (tertiary/aromatic N) is 1. The van der Waals surface area contributed by atoms with Crippen LogP contribution in [0.2, 0.25) is 0 Å². The van der Waals surface area contributed by atoms with E-state index in [1.807, 2.05) is 26.0 Å². The highest BCUT2D eigenvalue weighted by Gasteiger charge is 2.22. The number of rotatable bonds is 5. The van der Waals surface area contributed by atoms with Gasteiger partial charge in [-0.15, -0.1) is 0 Å². The minimum absolute atomic E-state index is 0.188. The molecule has 5 nitrogen and oxygen atoms in total. The lowest BCUT2D eigenvalue weighted by Gasteiger charge is -2.23. The van der Waals surface area contributed by atoms with Crippen molar-refractivity contribution in [3.05, 3.63) is 40.8 Å². The number of aromatic nitrogens is 1. The number of hydrogen-bond donors (Lipinski definition) is 1. The molecule has 0 saturated heterocycles. The fourth-order valence-corrected chi connectivity index (χ4v) is 2.97. The van der Waals surface area contributed by atoms with Crippen LogP contribution in [0.3, 0.4) is 0 Å². The molecule has 0 fully saturated rings. The van der Waals surface area contributed by atoms with E-state index in [1.54, 1.807) is 0 Å². The molecule has 0 bridgehead atoms. The molecule has 0 saturated carbocycles. The molecule has 22 heavy (non-hydrogen) atoms. The Balaban J connectivity index is 1.79. The first-order chi connectivity index (χ1) is 10.6. The van der Waals surface area contributed by atoms with E-state index >= 15 is 0 Å². The molecule has 2 aromatic rings. The van der Waals surface area contributed by atoms with Gasteiger partial charge in [0.1, 0.15) is 5.76 Å². The summed E-state index contributed by atoms with van der Waals surface area (Å²) in [6.07, 6.45) is 0.970. The lowest BCUT2D eigenvalue weighted by atomic mass is 10.00. The van der Waals surface area contributed by atoms with E-state index in [1.165, 1.54) is 5.56 Å². The van der Waals surface area contributed by atoms with Gasteiger partial charge in [-0.05, 0) is 44.9 Å². The molecule has 118 valence electrons. The fourth-order valence-electron chi connectivity index (χ4n) is 2.97. The molecular weight excluding hydrogens is 280 g/mol.